The van der Waals surface area contributed by atoms with Crippen LogP contribution in [0.2, 0.25) is 0 Å². The maximum Gasteiger partial charge on any atom is 0.217 e. The minimum absolute atomic E-state index is 0.0400. The van der Waals surface area contributed by atoms with Crippen molar-refractivity contribution in [1.29, 1.82) is 0 Å². The molecular formula is C15H23NO4S. The van der Waals surface area contributed by atoms with Gasteiger partial charge in [-0.2, -0.15) is 0 Å². The average molecular weight is 313 g/mol. The number of hydrogen-bond acceptors (Lipinski definition) is 4. The fourth-order valence-electron chi connectivity index (χ4n) is 2.36. The van der Waals surface area contributed by atoms with Gasteiger partial charge < -0.3 is 9.47 Å². The molecule has 0 radical (unpaired) electrons. The lowest BCUT2D eigenvalue weighted by atomic mass is 10.1. The first kappa shape index (κ1) is 16.3. The Balaban J connectivity index is 2.14. The second-order valence-corrected chi connectivity index (χ2v) is 7.57. The second-order valence-electron chi connectivity index (χ2n) is 5.57. The van der Waals surface area contributed by atoms with Crippen molar-refractivity contribution in [3.8, 4) is 5.75 Å². The smallest absolute Gasteiger partial charge is 0.217 e. The summed E-state index contributed by atoms with van der Waals surface area (Å²) in [5.41, 5.74) is 0.841. The summed E-state index contributed by atoms with van der Waals surface area (Å²) in [5.74, 6) is 0.713. The first-order valence-electron chi connectivity index (χ1n) is 7.24. The normalized spacial score (nSPS) is 20.7. The number of para-hydroxylation sites is 1. The number of ether oxygens (including phenoxy) is 2. The van der Waals surface area contributed by atoms with Crippen LogP contribution in [0.5, 0.6) is 5.75 Å². The molecule has 1 unspecified atom stereocenters. The van der Waals surface area contributed by atoms with Crippen molar-refractivity contribution in [3.05, 3.63) is 29.8 Å². The highest BCUT2D eigenvalue weighted by Crippen LogP contribution is 2.27. The molecule has 0 amide bonds. The molecule has 1 saturated heterocycles. The van der Waals surface area contributed by atoms with Crippen molar-refractivity contribution in [2.75, 3.05) is 13.2 Å². The molecule has 1 aromatic carbocycles. The fraction of sp³-hybridized carbons (Fsp3) is 0.600. The standard InChI is InChI=1S/C15H23NO4S/c1-11(2)20-15-7-5-4-6-14(15)12(3)16-21(17,18)13-8-9-19-10-13/h4-7,11-13,16H,8-10H2,1-3H3/t12-,13?/m0/s1. The monoisotopic (exact) mass is 313 g/mol. The van der Waals surface area contributed by atoms with Crippen LogP contribution in [-0.2, 0) is 14.8 Å². The molecule has 5 nitrogen and oxygen atoms in total. The Bertz CT molecular complexity index is 565. The molecule has 1 aliphatic rings. The number of nitrogens with one attached hydrogen (secondary N) is 1. The van der Waals surface area contributed by atoms with E-state index in [-0.39, 0.29) is 18.8 Å². The van der Waals surface area contributed by atoms with Crippen LogP contribution in [0.3, 0.4) is 0 Å². The Morgan fingerprint density at radius 2 is 2.00 bits per heavy atom. The predicted octanol–water partition coefficient (Wildman–Crippen LogP) is 2.24. The van der Waals surface area contributed by atoms with E-state index in [0.717, 1.165) is 5.56 Å². The van der Waals surface area contributed by atoms with Crippen molar-refractivity contribution in [1.82, 2.24) is 4.72 Å². The molecule has 0 saturated carbocycles. The molecule has 1 heterocycles. The van der Waals surface area contributed by atoms with E-state index in [1.807, 2.05) is 45.0 Å². The summed E-state index contributed by atoms with van der Waals surface area (Å²) in [6, 6.07) is 7.17. The Labute approximate surface area is 126 Å². The summed E-state index contributed by atoms with van der Waals surface area (Å²) in [4.78, 5) is 0. The molecule has 0 bridgehead atoms. The van der Waals surface area contributed by atoms with Crippen LogP contribution in [0, 0.1) is 0 Å². The van der Waals surface area contributed by atoms with Gasteiger partial charge in [0, 0.05) is 18.2 Å². The highest BCUT2D eigenvalue weighted by molar-refractivity contribution is 7.90. The van der Waals surface area contributed by atoms with Crippen molar-refractivity contribution < 1.29 is 17.9 Å². The van der Waals surface area contributed by atoms with Gasteiger partial charge in [-0.3, -0.25) is 0 Å². The lowest BCUT2D eigenvalue weighted by Crippen LogP contribution is -2.36. The molecule has 0 spiro atoms. The minimum atomic E-state index is -3.38. The molecule has 1 fully saturated rings. The molecule has 1 N–H and O–H groups in total. The molecule has 2 rings (SSSR count). The zero-order chi connectivity index (χ0) is 15.5. The fourth-order valence-corrected chi connectivity index (χ4v) is 3.86. The third kappa shape index (κ3) is 4.18. The summed E-state index contributed by atoms with van der Waals surface area (Å²) in [6.45, 7) is 6.50. The number of benzene rings is 1. The van der Waals surface area contributed by atoms with Crippen LogP contribution in [0.4, 0.5) is 0 Å². The van der Waals surface area contributed by atoms with Crippen molar-refractivity contribution in [2.24, 2.45) is 0 Å². The summed E-state index contributed by atoms with van der Waals surface area (Å²) in [6.07, 6.45) is 0.588. The molecule has 0 aliphatic carbocycles. The first-order valence-corrected chi connectivity index (χ1v) is 8.79. The van der Waals surface area contributed by atoms with Crippen LogP contribution < -0.4 is 9.46 Å². The molecular weight excluding hydrogens is 290 g/mol. The van der Waals surface area contributed by atoms with E-state index < -0.39 is 15.3 Å². The van der Waals surface area contributed by atoms with Gasteiger partial charge in [0.15, 0.2) is 0 Å². The van der Waals surface area contributed by atoms with Gasteiger partial charge in [0.2, 0.25) is 10.0 Å². The van der Waals surface area contributed by atoms with Crippen LogP contribution in [0.1, 0.15) is 38.8 Å². The Kier molecular flexibility index (Phi) is 5.24. The Morgan fingerprint density at radius 3 is 2.62 bits per heavy atom. The SMILES string of the molecule is CC(C)Oc1ccccc1[C@H](C)NS(=O)(=O)C1CCOC1. The van der Waals surface area contributed by atoms with E-state index in [1.54, 1.807) is 0 Å². The van der Waals surface area contributed by atoms with E-state index >= 15 is 0 Å². The van der Waals surface area contributed by atoms with Crippen LogP contribution >= 0.6 is 0 Å². The van der Waals surface area contributed by atoms with Gasteiger partial charge in [0.25, 0.3) is 0 Å². The topological polar surface area (TPSA) is 64.6 Å². The van der Waals surface area contributed by atoms with E-state index in [4.69, 9.17) is 9.47 Å². The predicted molar refractivity (Wildman–Crippen MR) is 81.9 cm³/mol. The summed E-state index contributed by atoms with van der Waals surface area (Å²) in [7, 11) is -3.38. The molecule has 1 aliphatic heterocycles. The largest absolute Gasteiger partial charge is 0.491 e. The average Bonchev–Trinajstić information content (AvgIpc) is 2.92. The van der Waals surface area contributed by atoms with E-state index in [2.05, 4.69) is 4.72 Å². The third-order valence-electron chi connectivity index (χ3n) is 3.42. The quantitative estimate of drug-likeness (QED) is 0.875. The van der Waals surface area contributed by atoms with Crippen LogP contribution in [-0.4, -0.2) is 33.0 Å². The number of hydrogen-bond donors (Lipinski definition) is 1. The lowest BCUT2D eigenvalue weighted by molar-refractivity contribution is 0.198. The van der Waals surface area contributed by atoms with E-state index in [0.29, 0.717) is 18.8 Å². The molecule has 0 aromatic heterocycles. The third-order valence-corrected chi connectivity index (χ3v) is 5.35. The summed E-state index contributed by atoms with van der Waals surface area (Å²) < 4.78 is 38.3. The van der Waals surface area contributed by atoms with Crippen LogP contribution in [0.15, 0.2) is 24.3 Å². The number of rotatable bonds is 6. The molecule has 118 valence electrons. The highest BCUT2D eigenvalue weighted by atomic mass is 32.2. The van der Waals surface area contributed by atoms with E-state index in [9.17, 15) is 8.42 Å². The summed E-state index contributed by atoms with van der Waals surface area (Å²) >= 11 is 0. The molecule has 1 aromatic rings. The minimum Gasteiger partial charge on any atom is -0.491 e. The number of sulfonamides is 1. The maximum absolute atomic E-state index is 12.3. The maximum atomic E-state index is 12.3. The molecule has 21 heavy (non-hydrogen) atoms. The lowest BCUT2D eigenvalue weighted by Gasteiger charge is -2.21. The van der Waals surface area contributed by atoms with Crippen LogP contribution in [0.25, 0.3) is 0 Å². The van der Waals surface area contributed by atoms with Crippen molar-refractivity contribution in [2.45, 2.75) is 44.6 Å². The Hall–Kier alpha value is -1.11. The van der Waals surface area contributed by atoms with Crippen molar-refractivity contribution in [3.63, 3.8) is 0 Å². The van der Waals surface area contributed by atoms with Gasteiger partial charge in [-0.1, -0.05) is 18.2 Å². The molecule has 2 atom stereocenters. The zero-order valence-electron chi connectivity index (χ0n) is 12.7. The Morgan fingerprint density at radius 1 is 1.29 bits per heavy atom. The second kappa shape index (κ2) is 6.77. The van der Waals surface area contributed by atoms with Gasteiger partial charge in [-0.25, -0.2) is 13.1 Å². The first-order chi connectivity index (χ1) is 9.90. The molecule has 6 heteroatoms. The van der Waals surface area contributed by atoms with E-state index in [1.165, 1.54) is 0 Å². The van der Waals surface area contributed by atoms with Gasteiger partial charge in [-0.05, 0) is 33.3 Å². The summed E-state index contributed by atoms with van der Waals surface area (Å²) in [5, 5.41) is -0.460. The zero-order valence-corrected chi connectivity index (χ0v) is 13.5. The van der Waals surface area contributed by atoms with Gasteiger partial charge in [0.1, 0.15) is 11.0 Å². The highest BCUT2D eigenvalue weighted by Gasteiger charge is 2.31. The van der Waals surface area contributed by atoms with Crippen molar-refractivity contribution >= 4 is 10.0 Å². The van der Waals surface area contributed by atoms with Gasteiger partial charge in [-0.15, -0.1) is 0 Å². The van der Waals surface area contributed by atoms with Gasteiger partial charge in [0.05, 0.1) is 12.7 Å². The van der Waals surface area contributed by atoms with Gasteiger partial charge >= 0.3 is 0 Å².